The van der Waals surface area contributed by atoms with Gasteiger partial charge in [0.25, 0.3) is 0 Å². The van der Waals surface area contributed by atoms with Crippen LogP contribution in [-0.2, 0) is 0 Å². The van der Waals surface area contributed by atoms with Gasteiger partial charge in [0.2, 0.25) is 0 Å². The van der Waals surface area contributed by atoms with Crippen LogP contribution in [0.2, 0.25) is 0 Å². The van der Waals surface area contributed by atoms with Gasteiger partial charge in [-0.1, -0.05) is 92.5 Å². The number of rotatable bonds is 2. The average Bonchev–Trinajstić information content (AvgIpc) is 2.67. The number of hydrogen-bond acceptors (Lipinski definition) is 0. The summed E-state index contributed by atoms with van der Waals surface area (Å²) in [5.41, 5.74) is 4.67. The summed E-state index contributed by atoms with van der Waals surface area (Å²) in [7, 11) is 0. The Kier molecular flexibility index (Phi) is 5.38. The first-order valence-electron chi connectivity index (χ1n) is 7.98. The fraction of sp³-hybridized carbons (Fsp3) is 0. The van der Waals surface area contributed by atoms with Crippen LogP contribution in [0.3, 0.4) is 0 Å². The Morgan fingerprint density at radius 1 is 0.462 bits per heavy atom. The highest BCUT2D eigenvalue weighted by Gasteiger charge is 2.18. The Morgan fingerprint density at radius 3 is 1.15 bits per heavy atom. The maximum absolute atomic E-state index is 3.85. The molecule has 0 unspecified atom stereocenters. The van der Waals surface area contributed by atoms with Crippen LogP contribution in [0.25, 0.3) is 33.0 Å². The zero-order chi connectivity index (χ0) is 18.3. The Labute approximate surface area is 186 Å². The minimum Gasteiger partial charge on any atom is -0.0622 e. The maximum atomic E-state index is 3.85. The first-order valence-corrected chi connectivity index (χ1v) is 11.2. The van der Waals surface area contributed by atoms with Gasteiger partial charge < -0.3 is 0 Å². The van der Waals surface area contributed by atoms with Crippen LogP contribution in [-0.4, -0.2) is 0 Å². The largest absolute Gasteiger partial charge is 0.0622 e. The van der Waals surface area contributed by atoms with Crippen LogP contribution < -0.4 is 0 Å². The predicted molar refractivity (Wildman–Crippen MR) is 126 cm³/mol. The first-order chi connectivity index (χ1) is 12.6. The molecule has 0 spiro atoms. The van der Waals surface area contributed by atoms with Crippen molar-refractivity contribution in [3.05, 3.63) is 90.7 Å². The van der Waals surface area contributed by atoms with E-state index < -0.39 is 0 Å². The fourth-order valence-electron chi connectivity index (χ4n) is 3.12. The zero-order valence-electron chi connectivity index (χ0n) is 13.4. The van der Waals surface area contributed by atoms with Crippen molar-refractivity contribution in [2.75, 3.05) is 0 Å². The normalized spacial score (nSPS) is 11.1. The van der Waals surface area contributed by atoms with Gasteiger partial charge in [0, 0.05) is 28.7 Å². The van der Waals surface area contributed by atoms with Crippen LogP contribution in [0, 0.1) is 0 Å². The molecule has 4 aromatic carbocycles. The third kappa shape index (κ3) is 3.22. The summed E-state index contributed by atoms with van der Waals surface area (Å²) in [6.45, 7) is 0. The number of fused-ring (bicyclic) bond motifs is 1. The third-order valence-corrected chi connectivity index (χ3v) is 7.25. The van der Waals surface area contributed by atoms with Crippen molar-refractivity contribution < 1.29 is 0 Å². The molecule has 4 heteroatoms. The van der Waals surface area contributed by atoms with Gasteiger partial charge in [0.15, 0.2) is 0 Å². The lowest BCUT2D eigenvalue weighted by atomic mass is 9.97. The molecule has 0 bridgehead atoms. The first kappa shape index (κ1) is 18.4. The highest BCUT2D eigenvalue weighted by Crippen LogP contribution is 2.47. The summed E-state index contributed by atoms with van der Waals surface area (Å²) in [6, 6.07) is 25.2. The smallest absolute Gasteiger partial charge is 0.0344 e. The van der Waals surface area contributed by atoms with Gasteiger partial charge >= 0.3 is 0 Å². The Balaban J connectivity index is 2.06. The highest BCUT2D eigenvalue weighted by atomic mass is 79.9. The van der Waals surface area contributed by atoms with Gasteiger partial charge in [-0.3, -0.25) is 0 Å². The van der Waals surface area contributed by atoms with Crippen LogP contribution in [0.5, 0.6) is 0 Å². The minimum atomic E-state index is 1.06. The van der Waals surface area contributed by atoms with Crippen molar-refractivity contribution >= 4 is 74.5 Å². The van der Waals surface area contributed by atoms with Crippen molar-refractivity contribution in [2.24, 2.45) is 0 Å². The summed E-state index contributed by atoms with van der Waals surface area (Å²) < 4.78 is 4.27. The Hall–Kier alpha value is -0.940. The molecule has 0 saturated carbocycles. The van der Waals surface area contributed by atoms with E-state index in [4.69, 9.17) is 0 Å². The van der Waals surface area contributed by atoms with E-state index in [0.29, 0.717) is 0 Å². The topological polar surface area (TPSA) is 0 Å². The highest BCUT2D eigenvalue weighted by molar-refractivity contribution is 9.12. The molecule has 0 fully saturated rings. The Bertz CT molecular complexity index is 1010. The van der Waals surface area contributed by atoms with Gasteiger partial charge in [-0.05, 0) is 66.2 Å². The van der Waals surface area contributed by atoms with E-state index in [9.17, 15) is 0 Å². The van der Waals surface area contributed by atoms with Gasteiger partial charge in [-0.2, -0.15) is 0 Å². The molecular formula is C22H12Br4. The third-order valence-electron chi connectivity index (χ3n) is 4.35. The molecule has 0 heterocycles. The number of benzene rings is 4. The molecule has 0 aliphatic rings. The lowest BCUT2D eigenvalue weighted by molar-refractivity contribution is 1.56. The van der Waals surface area contributed by atoms with E-state index in [0.717, 1.165) is 39.8 Å². The zero-order valence-corrected chi connectivity index (χ0v) is 19.8. The van der Waals surface area contributed by atoms with E-state index in [1.54, 1.807) is 0 Å². The molecule has 26 heavy (non-hydrogen) atoms. The van der Waals surface area contributed by atoms with Gasteiger partial charge in [0.1, 0.15) is 0 Å². The lowest BCUT2D eigenvalue weighted by Gasteiger charge is -2.16. The molecule has 0 aromatic heterocycles. The van der Waals surface area contributed by atoms with Crippen LogP contribution in [0.15, 0.2) is 90.7 Å². The van der Waals surface area contributed by atoms with E-state index in [-0.39, 0.29) is 0 Å². The molecule has 0 amide bonds. The predicted octanol–water partition coefficient (Wildman–Crippen LogP) is 9.22. The van der Waals surface area contributed by atoms with E-state index in [2.05, 4.69) is 124 Å². The second-order valence-corrected chi connectivity index (χ2v) is 9.22. The molecule has 0 aliphatic heterocycles. The van der Waals surface area contributed by atoms with E-state index in [1.807, 2.05) is 12.1 Å². The summed E-state index contributed by atoms with van der Waals surface area (Å²) in [4.78, 5) is 0. The minimum absolute atomic E-state index is 1.06. The standard InChI is InChI=1S/C22H12Br4/c23-17-11-15(13-7-3-1-4-8-13)21(25)19-18(24)12-16(22(26)20(17)19)14-9-5-2-6-10-14/h1-12H. The van der Waals surface area contributed by atoms with Crippen molar-refractivity contribution in [2.45, 2.75) is 0 Å². The van der Waals surface area contributed by atoms with Crippen LogP contribution >= 0.6 is 63.7 Å². The summed E-state index contributed by atoms with van der Waals surface area (Å²) >= 11 is 15.3. The maximum Gasteiger partial charge on any atom is 0.0344 e. The second-order valence-electron chi connectivity index (χ2n) is 5.92. The summed E-state index contributed by atoms with van der Waals surface area (Å²) in [6.07, 6.45) is 0. The van der Waals surface area contributed by atoms with Crippen molar-refractivity contribution in [3.8, 4) is 22.3 Å². The molecule has 0 nitrogen and oxygen atoms in total. The summed E-state index contributed by atoms with van der Waals surface area (Å²) in [5, 5.41) is 2.29. The van der Waals surface area contributed by atoms with Gasteiger partial charge in [0.05, 0.1) is 0 Å². The fourth-order valence-corrected chi connectivity index (χ4v) is 6.41. The van der Waals surface area contributed by atoms with E-state index in [1.165, 1.54) is 11.1 Å². The van der Waals surface area contributed by atoms with Gasteiger partial charge in [-0.25, -0.2) is 0 Å². The SMILES string of the molecule is Brc1cc(-c2ccccc2)c(Br)c2c(Br)cc(-c3ccccc3)c(Br)c12. The monoisotopic (exact) mass is 592 g/mol. The quantitative estimate of drug-likeness (QED) is 0.217. The Morgan fingerprint density at radius 2 is 0.808 bits per heavy atom. The van der Waals surface area contributed by atoms with Crippen LogP contribution in [0.4, 0.5) is 0 Å². The number of halogens is 4. The molecule has 0 atom stereocenters. The molecule has 0 saturated heterocycles. The molecule has 0 N–H and O–H groups in total. The van der Waals surface area contributed by atoms with E-state index >= 15 is 0 Å². The second kappa shape index (κ2) is 7.59. The molecule has 0 aliphatic carbocycles. The summed E-state index contributed by atoms with van der Waals surface area (Å²) in [5.74, 6) is 0. The number of hydrogen-bond donors (Lipinski definition) is 0. The van der Waals surface area contributed by atoms with Crippen molar-refractivity contribution in [3.63, 3.8) is 0 Å². The van der Waals surface area contributed by atoms with Crippen LogP contribution in [0.1, 0.15) is 0 Å². The molecule has 0 radical (unpaired) electrons. The molecule has 4 rings (SSSR count). The molecular weight excluding hydrogens is 584 g/mol. The molecule has 4 aromatic rings. The lowest BCUT2D eigenvalue weighted by Crippen LogP contribution is -1.90. The van der Waals surface area contributed by atoms with Crippen molar-refractivity contribution in [1.29, 1.82) is 0 Å². The molecule has 128 valence electrons. The van der Waals surface area contributed by atoms with Crippen molar-refractivity contribution in [1.82, 2.24) is 0 Å². The average molecular weight is 596 g/mol. The van der Waals surface area contributed by atoms with Gasteiger partial charge in [-0.15, -0.1) is 0 Å².